The van der Waals surface area contributed by atoms with E-state index in [1.165, 1.54) is 19.3 Å². The molecule has 3 aliphatic rings. The normalized spacial score (nSPS) is 47.7. The first-order valence-corrected chi connectivity index (χ1v) is 6.71. The van der Waals surface area contributed by atoms with E-state index < -0.39 is 0 Å². The number of halogens is 1. The Morgan fingerprint density at radius 2 is 2.00 bits per heavy atom. The molecule has 1 amide bonds. The zero-order chi connectivity index (χ0) is 10.4. The molecule has 4 atom stereocenters. The van der Waals surface area contributed by atoms with Crippen LogP contribution in [-0.2, 0) is 9.53 Å². The first-order chi connectivity index (χ1) is 7.27. The summed E-state index contributed by atoms with van der Waals surface area (Å²) >= 11 is 3.52. The second kappa shape index (κ2) is 3.74. The van der Waals surface area contributed by atoms with Gasteiger partial charge in [0.25, 0.3) is 0 Å². The quantitative estimate of drug-likeness (QED) is 0.771. The Labute approximate surface area is 98.1 Å². The number of carbonyl (C=O) groups is 1. The van der Waals surface area contributed by atoms with Crippen molar-refractivity contribution >= 4 is 21.8 Å². The van der Waals surface area contributed by atoms with Crippen LogP contribution in [0.4, 0.5) is 0 Å². The minimum absolute atomic E-state index is 0.179. The molecule has 1 saturated heterocycles. The highest BCUT2D eigenvalue weighted by atomic mass is 79.9. The van der Waals surface area contributed by atoms with Gasteiger partial charge in [0.2, 0.25) is 5.91 Å². The van der Waals surface area contributed by atoms with Gasteiger partial charge in [0.15, 0.2) is 0 Å². The number of rotatable bonds is 2. The lowest BCUT2D eigenvalue weighted by atomic mass is 10.1. The van der Waals surface area contributed by atoms with E-state index in [4.69, 9.17) is 4.74 Å². The Morgan fingerprint density at radius 1 is 1.27 bits per heavy atom. The van der Waals surface area contributed by atoms with Crippen LogP contribution in [0.5, 0.6) is 0 Å². The standard InChI is InChI=1S/C11H16BrNO2/c12-8-4-15-5-9(8)13-11(14)10-6-2-1-3-7(6)10/h6-10H,1-5H2,(H,13,14). The molecular weight excluding hydrogens is 258 g/mol. The number of fused-ring (bicyclic) bond motifs is 1. The third-order valence-corrected chi connectivity index (χ3v) is 4.95. The third kappa shape index (κ3) is 1.72. The molecule has 1 aliphatic heterocycles. The number of carbonyl (C=O) groups excluding carboxylic acids is 1. The molecule has 4 heteroatoms. The fraction of sp³-hybridized carbons (Fsp3) is 0.909. The summed E-state index contributed by atoms with van der Waals surface area (Å²) < 4.78 is 5.30. The summed E-state index contributed by atoms with van der Waals surface area (Å²) in [4.78, 5) is 12.2. The van der Waals surface area contributed by atoms with Crippen molar-refractivity contribution in [2.75, 3.05) is 13.2 Å². The molecule has 0 aromatic rings. The minimum Gasteiger partial charge on any atom is -0.378 e. The smallest absolute Gasteiger partial charge is 0.224 e. The molecule has 4 unspecified atom stereocenters. The topological polar surface area (TPSA) is 38.3 Å². The van der Waals surface area contributed by atoms with Gasteiger partial charge < -0.3 is 10.1 Å². The van der Waals surface area contributed by atoms with Crippen molar-refractivity contribution in [3.8, 4) is 0 Å². The first kappa shape index (κ1) is 10.1. The fourth-order valence-electron chi connectivity index (χ4n) is 3.15. The lowest BCUT2D eigenvalue weighted by Crippen LogP contribution is -2.41. The van der Waals surface area contributed by atoms with Crippen LogP contribution >= 0.6 is 15.9 Å². The molecule has 3 nitrogen and oxygen atoms in total. The van der Waals surface area contributed by atoms with Gasteiger partial charge in [-0.25, -0.2) is 0 Å². The largest absolute Gasteiger partial charge is 0.378 e. The fourth-order valence-corrected chi connectivity index (χ4v) is 3.62. The molecule has 0 spiro atoms. The number of alkyl halides is 1. The Balaban J connectivity index is 1.53. The molecule has 0 radical (unpaired) electrons. The molecule has 15 heavy (non-hydrogen) atoms. The number of hydrogen-bond acceptors (Lipinski definition) is 2. The summed E-state index contributed by atoms with van der Waals surface area (Å²) in [5.41, 5.74) is 0. The SMILES string of the molecule is O=C(NC1COCC1Br)C1C2CCCC21. The van der Waals surface area contributed by atoms with Crippen LogP contribution in [0.1, 0.15) is 19.3 Å². The van der Waals surface area contributed by atoms with E-state index in [0.29, 0.717) is 35.8 Å². The van der Waals surface area contributed by atoms with Crippen molar-refractivity contribution in [3.05, 3.63) is 0 Å². The van der Waals surface area contributed by atoms with Crippen LogP contribution in [0.2, 0.25) is 0 Å². The van der Waals surface area contributed by atoms with E-state index in [1.807, 2.05) is 0 Å². The van der Waals surface area contributed by atoms with Crippen LogP contribution in [0, 0.1) is 17.8 Å². The average molecular weight is 274 g/mol. The maximum absolute atomic E-state index is 11.9. The molecule has 3 fully saturated rings. The molecule has 0 bridgehead atoms. The number of nitrogens with one attached hydrogen (secondary N) is 1. The lowest BCUT2D eigenvalue weighted by molar-refractivity contribution is -0.123. The van der Waals surface area contributed by atoms with Crippen molar-refractivity contribution in [3.63, 3.8) is 0 Å². The van der Waals surface area contributed by atoms with Crippen molar-refractivity contribution in [2.45, 2.75) is 30.1 Å². The van der Waals surface area contributed by atoms with Gasteiger partial charge in [0.05, 0.1) is 24.1 Å². The molecule has 84 valence electrons. The van der Waals surface area contributed by atoms with Crippen molar-refractivity contribution in [2.24, 2.45) is 17.8 Å². The van der Waals surface area contributed by atoms with Crippen LogP contribution in [0.15, 0.2) is 0 Å². The van der Waals surface area contributed by atoms with E-state index in [-0.39, 0.29) is 11.9 Å². The highest BCUT2D eigenvalue weighted by molar-refractivity contribution is 9.09. The van der Waals surface area contributed by atoms with E-state index in [9.17, 15) is 4.79 Å². The van der Waals surface area contributed by atoms with Gasteiger partial charge in [-0.05, 0) is 24.7 Å². The summed E-state index contributed by atoms with van der Waals surface area (Å²) in [6, 6.07) is 0.179. The Hall–Kier alpha value is -0.0900. The van der Waals surface area contributed by atoms with Crippen molar-refractivity contribution < 1.29 is 9.53 Å². The van der Waals surface area contributed by atoms with Crippen molar-refractivity contribution in [1.82, 2.24) is 5.32 Å². The number of hydrogen-bond donors (Lipinski definition) is 1. The molecule has 0 aromatic carbocycles. The summed E-state index contributed by atoms with van der Waals surface area (Å²) in [6.45, 7) is 1.37. The molecular formula is C11H16BrNO2. The maximum atomic E-state index is 11.9. The molecule has 3 rings (SSSR count). The maximum Gasteiger partial charge on any atom is 0.224 e. The van der Waals surface area contributed by atoms with E-state index in [2.05, 4.69) is 21.2 Å². The Morgan fingerprint density at radius 3 is 2.60 bits per heavy atom. The molecule has 1 heterocycles. The summed E-state index contributed by atoms with van der Waals surface area (Å²) in [6.07, 6.45) is 3.86. The Kier molecular flexibility index (Phi) is 2.51. The molecule has 2 aliphatic carbocycles. The predicted octanol–water partition coefficient (Wildman–Crippen LogP) is 1.31. The van der Waals surface area contributed by atoms with Gasteiger partial charge >= 0.3 is 0 Å². The van der Waals surface area contributed by atoms with Gasteiger partial charge in [-0.2, -0.15) is 0 Å². The minimum atomic E-state index is 0.179. The van der Waals surface area contributed by atoms with Gasteiger partial charge in [0.1, 0.15) is 0 Å². The molecule has 1 N–H and O–H groups in total. The van der Waals surface area contributed by atoms with Crippen LogP contribution in [0.25, 0.3) is 0 Å². The number of ether oxygens (including phenoxy) is 1. The molecule has 0 aromatic heterocycles. The third-order valence-electron chi connectivity index (χ3n) is 4.05. The highest BCUT2D eigenvalue weighted by Crippen LogP contribution is 2.57. The van der Waals surface area contributed by atoms with Crippen LogP contribution in [0.3, 0.4) is 0 Å². The second-order valence-corrected chi connectivity index (χ2v) is 6.13. The zero-order valence-electron chi connectivity index (χ0n) is 8.62. The monoisotopic (exact) mass is 273 g/mol. The Bertz CT molecular complexity index is 274. The van der Waals surface area contributed by atoms with E-state index in [0.717, 1.165) is 0 Å². The summed E-state index contributed by atoms with van der Waals surface area (Å²) in [7, 11) is 0. The number of amides is 1. The van der Waals surface area contributed by atoms with Crippen LogP contribution < -0.4 is 5.32 Å². The lowest BCUT2D eigenvalue weighted by Gasteiger charge is -2.14. The predicted molar refractivity (Wildman–Crippen MR) is 59.8 cm³/mol. The zero-order valence-corrected chi connectivity index (χ0v) is 10.2. The highest BCUT2D eigenvalue weighted by Gasteiger charge is 2.56. The summed E-state index contributed by atoms with van der Waals surface area (Å²) in [5, 5.41) is 3.11. The van der Waals surface area contributed by atoms with Crippen molar-refractivity contribution in [1.29, 1.82) is 0 Å². The van der Waals surface area contributed by atoms with Gasteiger partial charge in [-0.15, -0.1) is 0 Å². The first-order valence-electron chi connectivity index (χ1n) is 5.79. The van der Waals surface area contributed by atoms with Gasteiger partial charge in [-0.1, -0.05) is 22.4 Å². The van der Waals surface area contributed by atoms with Gasteiger partial charge in [-0.3, -0.25) is 4.79 Å². The molecule has 2 saturated carbocycles. The van der Waals surface area contributed by atoms with E-state index in [1.54, 1.807) is 0 Å². The summed E-state index contributed by atoms with van der Waals surface area (Å²) in [5.74, 6) is 2.02. The average Bonchev–Trinajstić information content (AvgIpc) is 2.60. The van der Waals surface area contributed by atoms with E-state index >= 15 is 0 Å². The van der Waals surface area contributed by atoms with Gasteiger partial charge in [0, 0.05) is 5.92 Å². The van der Waals surface area contributed by atoms with Crippen LogP contribution in [-0.4, -0.2) is 30.0 Å². The second-order valence-electron chi connectivity index (χ2n) is 4.95.